The molecule has 2 fully saturated rings. The van der Waals surface area contributed by atoms with Gasteiger partial charge in [-0.1, -0.05) is 101 Å². The molecule has 1 aliphatic carbocycles. The summed E-state index contributed by atoms with van der Waals surface area (Å²) >= 11 is 3.58. The van der Waals surface area contributed by atoms with E-state index in [0.717, 1.165) is 38.9 Å². The lowest BCUT2D eigenvalue weighted by atomic mass is 9.71. The first kappa shape index (κ1) is 23.1. The largest absolute Gasteiger partial charge is 0.338 e. The van der Waals surface area contributed by atoms with Gasteiger partial charge in [0.05, 0.1) is 6.04 Å². The Labute approximate surface area is 211 Å². The molecule has 1 N–H and O–H groups in total. The molecule has 4 heteroatoms. The molecule has 2 aliphatic heterocycles. The number of nitrogens with zero attached hydrogens (tertiary/aromatic N) is 1. The van der Waals surface area contributed by atoms with Gasteiger partial charge in [-0.05, 0) is 60.0 Å². The quantitative estimate of drug-likeness (QED) is 0.406. The van der Waals surface area contributed by atoms with E-state index in [9.17, 15) is 4.79 Å². The van der Waals surface area contributed by atoms with Gasteiger partial charge in [-0.15, -0.1) is 0 Å². The van der Waals surface area contributed by atoms with Crippen molar-refractivity contribution in [2.24, 2.45) is 0 Å². The van der Waals surface area contributed by atoms with Crippen LogP contribution in [0, 0.1) is 0 Å². The second kappa shape index (κ2) is 10.3. The van der Waals surface area contributed by atoms with Crippen LogP contribution >= 0.6 is 15.9 Å². The number of hydrogen-bond acceptors (Lipinski definition) is 2. The number of halogens is 1. The lowest BCUT2D eigenvalue weighted by Crippen LogP contribution is -2.42. The van der Waals surface area contributed by atoms with Crippen molar-refractivity contribution in [1.29, 1.82) is 0 Å². The summed E-state index contributed by atoms with van der Waals surface area (Å²) in [6, 6.07) is 27.7. The Bertz CT molecular complexity index is 1160. The SMILES string of the molecule is Brc1ccccc1C1CCNC1.O=CN1CCC2(C=Cc3ccccc32)CC1c1ccccc1. The Morgan fingerprint density at radius 1 is 0.971 bits per heavy atom. The number of rotatable bonds is 3. The van der Waals surface area contributed by atoms with Crippen LogP contribution < -0.4 is 5.32 Å². The predicted octanol–water partition coefficient (Wildman–Crippen LogP) is 6.47. The molecule has 3 nitrogen and oxygen atoms in total. The van der Waals surface area contributed by atoms with Gasteiger partial charge in [-0.3, -0.25) is 4.79 Å². The summed E-state index contributed by atoms with van der Waals surface area (Å²) in [6.07, 6.45) is 8.84. The molecule has 2 heterocycles. The summed E-state index contributed by atoms with van der Waals surface area (Å²) in [5.74, 6) is 0.709. The number of carbonyl (C=O) groups excluding carboxylic acids is 1. The number of allylic oxidation sites excluding steroid dienone is 1. The molecular formula is C30H31BrN2O. The lowest BCUT2D eigenvalue weighted by Gasteiger charge is -2.43. The summed E-state index contributed by atoms with van der Waals surface area (Å²) in [4.78, 5) is 13.5. The lowest BCUT2D eigenvalue weighted by molar-refractivity contribution is -0.122. The maximum atomic E-state index is 11.5. The molecule has 3 unspecified atom stereocenters. The maximum Gasteiger partial charge on any atom is 0.210 e. The average molecular weight is 515 g/mol. The molecule has 1 amide bonds. The third-order valence-electron chi connectivity index (χ3n) is 7.58. The van der Waals surface area contributed by atoms with Crippen molar-refractivity contribution in [3.8, 4) is 0 Å². The number of piperidine rings is 1. The fourth-order valence-electron chi connectivity index (χ4n) is 5.72. The second-order valence-electron chi connectivity index (χ2n) is 9.51. The van der Waals surface area contributed by atoms with Gasteiger partial charge in [0.15, 0.2) is 0 Å². The molecule has 3 atom stereocenters. The van der Waals surface area contributed by atoms with Gasteiger partial charge in [0, 0.05) is 23.0 Å². The highest BCUT2D eigenvalue weighted by molar-refractivity contribution is 9.10. The summed E-state index contributed by atoms with van der Waals surface area (Å²) < 4.78 is 1.25. The minimum atomic E-state index is 0.0800. The second-order valence-corrected chi connectivity index (χ2v) is 10.4. The number of fused-ring (bicyclic) bond motifs is 2. The van der Waals surface area contributed by atoms with Crippen molar-refractivity contribution in [3.05, 3.63) is 112 Å². The van der Waals surface area contributed by atoms with Gasteiger partial charge in [0.1, 0.15) is 0 Å². The van der Waals surface area contributed by atoms with E-state index in [0.29, 0.717) is 5.92 Å². The first-order chi connectivity index (χ1) is 16.7. The minimum absolute atomic E-state index is 0.0800. The Morgan fingerprint density at radius 3 is 2.50 bits per heavy atom. The van der Waals surface area contributed by atoms with E-state index in [1.807, 2.05) is 11.0 Å². The zero-order valence-electron chi connectivity index (χ0n) is 19.4. The highest BCUT2D eigenvalue weighted by Crippen LogP contribution is 2.48. The van der Waals surface area contributed by atoms with E-state index < -0.39 is 0 Å². The summed E-state index contributed by atoms with van der Waals surface area (Å²) in [5, 5.41) is 3.38. The van der Waals surface area contributed by atoms with Crippen LogP contribution in [0.15, 0.2) is 89.4 Å². The maximum absolute atomic E-state index is 11.5. The van der Waals surface area contributed by atoms with Crippen molar-refractivity contribution in [3.63, 3.8) is 0 Å². The summed E-state index contributed by atoms with van der Waals surface area (Å²) in [7, 11) is 0. The molecule has 3 aromatic carbocycles. The topological polar surface area (TPSA) is 32.3 Å². The molecule has 2 saturated heterocycles. The van der Waals surface area contributed by atoms with E-state index >= 15 is 0 Å². The number of nitrogens with one attached hydrogen (secondary N) is 1. The third kappa shape index (κ3) is 4.62. The molecule has 0 saturated carbocycles. The number of benzene rings is 3. The van der Waals surface area contributed by atoms with E-state index in [1.165, 1.54) is 33.1 Å². The van der Waals surface area contributed by atoms with Crippen molar-refractivity contribution in [2.45, 2.75) is 36.6 Å². The Hall–Kier alpha value is -2.69. The molecule has 1 spiro atoms. The smallest absolute Gasteiger partial charge is 0.210 e. The van der Waals surface area contributed by atoms with Crippen LogP contribution in [0.2, 0.25) is 0 Å². The van der Waals surface area contributed by atoms with Gasteiger partial charge < -0.3 is 10.2 Å². The van der Waals surface area contributed by atoms with Gasteiger partial charge in [-0.25, -0.2) is 0 Å². The Morgan fingerprint density at radius 2 is 1.74 bits per heavy atom. The molecule has 0 aromatic heterocycles. The zero-order valence-corrected chi connectivity index (χ0v) is 21.0. The first-order valence-corrected chi connectivity index (χ1v) is 13.0. The van der Waals surface area contributed by atoms with Crippen LogP contribution in [-0.2, 0) is 10.2 Å². The molecule has 3 aliphatic rings. The van der Waals surface area contributed by atoms with E-state index in [-0.39, 0.29) is 11.5 Å². The summed E-state index contributed by atoms with van der Waals surface area (Å²) in [5.41, 5.74) is 5.50. The van der Waals surface area contributed by atoms with Gasteiger partial charge in [-0.2, -0.15) is 0 Å². The summed E-state index contributed by atoms with van der Waals surface area (Å²) in [6.45, 7) is 3.09. The van der Waals surface area contributed by atoms with Crippen LogP contribution in [0.25, 0.3) is 6.08 Å². The fourth-order valence-corrected chi connectivity index (χ4v) is 6.33. The zero-order chi connectivity index (χ0) is 23.4. The van der Waals surface area contributed by atoms with Crippen LogP contribution in [0.5, 0.6) is 0 Å². The first-order valence-electron chi connectivity index (χ1n) is 12.2. The molecule has 0 bridgehead atoms. The van der Waals surface area contributed by atoms with Crippen molar-refractivity contribution < 1.29 is 4.79 Å². The molecule has 0 radical (unpaired) electrons. The Kier molecular flexibility index (Phi) is 6.98. The number of amides is 1. The number of carbonyl (C=O) groups is 1. The van der Waals surface area contributed by atoms with Gasteiger partial charge in [0.25, 0.3) is 0 Å². The van der Waals surface area contributed by atoms with Crippen molar-refractivity contribution in [2.75, 3.05) is 19.6 Å². The van der Waals surface area contributed by atoms with E-state index in [2.05, 4.69) is 106 Å². The Balaban J connectivity index is 0.000000169. The number of hydrogen-bond donors (Lipinski definition) is 1. The molecule has 6 rings (SSSR count). The normalized spacial score (nSPS) is 25.0. The highest BCUT2D eigenvalue weighted by Gasteiger charge is 2.42. The standard InChI is InChI=1S/C20H19NO.C10H12BrN/c22-15-21-13-12-20(11-10-16-6-4-5-9-18(16)20)14-19(21)17-7-2-1-3-8-17;11-10-4-2-1-3-9(10)8-5-6-12-7-8/h1-11,15,19H,12-14H2;1-4,8,12H,5-7H2. The predicted molar refractivity (Wildman–Crippen MR) is 143 cm³/mol. The molecular weight excluding hydrogens is 484 g/mol. The fraction of sp³-hybridized carbons (Fsp3) is 0.300. The average Bonchev–Trinajstić information content (AvgIpc) is 3.55. The third-order valence-corrected chi connectivity index (χ3v) is 8.30. The van der Waals surface area contributed by atoms with Crippen molar-refractivity contribution in [1.82, 2.24) is 10.2 Å². The van der Waals surface area contributed by atoms with Gasteiger partial charge >= 0.3 is 0 Å². The van der Waals surface area contributed by atoms with E-state index in [1.54, 1.807) is 0 Å². The highest BCUT2D eigenvalue weighted by atomic mass is 79.9. The van der Waals surface area contributed by atoms with Gasteiger partial charge in [0.2, 0.25) is 6.41 Å². The molecule has 174 valence electrons. The van der Waals surface area contributed by atoms with Crippen LogP contribution in [0.4, 0.5) is 0 Å². The van der Waals surface area contributed by atoms with Crippen LogP contribution in [0.3, 0.4) is 0 Å². The molecule has 34 heavy (non-hydrogen) atoms. The number of likely N-dealkylation sites (tertiary alicyclic amines) is 1. The molecule has 3 aromatic rings. The van der Waals surface area contributed by atoms with Crippen LogP contribution in [-0.4, -0.2) is 30.9 Å². The minimum Gasteiger partial charge on any atom is -0.338 e. The van der Waals surface area contributed by atoms with Crippen molar-refractivity contribution >= 4 is 28.4 Å². The van der Waals surface area contributed by atoms with Crippen LogP contribution in [0.1, 0.15) is 53.5 Å². The monoisotopic (exact) mass is 514 g/mol. The van der Waals surface area contributed by atoms with E-state index in [4.69, 9.17) is 0 Å².